The highest BCUT2D eigenvalue weighted by atomic mass is 19.4. The molecule has 5 nitrogen and oxygen atoms in total. The molecule has 212 valence electrons. The van der Waals surface area contributed by atoms with E-state index in [1.807, 2.05) is 36.4 Å². The van der Waals surface area contributed by atoms with Crippen molar-refractivity contribution in [1.82, 2.24) is 9.88 Å². The van der Waals surface area contributed by atoms with Crippen LogP contribution in [0.3, 0.4) is 0 Å². The lowest BCUT2D eigenvalue weighted by molar-refractivity contribution is -0.143. The van der Waals surface area contributed by atoms with Crippen LogP contribution in [-0.4, -0.2) is 42.0 Å². The van der Waals surface area contributed by atoms with E-state index in [2.05, 4.69) is 9.88 Å². The fourth-order valence-corrected chi connectivity index (χ4v) is 5.12. The zero-order valence-corrected chi connectivity index (χ0v) is 21.5. The van der Waals surface area contributed by atoms with Crippen molar-refractivity contribution in [3.63, 3.8) is 0 Å². The van der Waals surface area contributed by atoms with Crippen molar-refractivity contribution in [3.8, 4) is 17.0 Å². The summed E-state index contributed by atoms with van der Waals surface area (Å²) in [6.07, 6.45) is -6.51. The Labute approximate surface area is 227 Å². The molecule has 0 unspecified atom stereocenters. The zero-order chi connectivity index (χ0) is 28.5. The maximum absolute atomic E-state index is 14.0. The molecule has 2 aliphatic heterocycles. The summed E-state index contributed by atoms with van der Waals surface area (Å²) in [6, 6.07) is 12.3. The SMILES string of the molecule is O=C1c2c(-c3ccccc3)cc(N3CCCCC3)nc2OCCCN1Cc1cc(C(F)(F)F)cc(C(F)(F)F)c1. The number of nitrogens with zero attached hydrogens (tertiary/aromatic N) is 3. The summed E-state index contributed by atoms with van der Waals surface area (Å²) in [4.78, 5) is 22.1. The maximum atomic E-state index is 14.0. The van der Waals surface area contributed by atoms with E-state index in [0.29, 0.717) is 29.9 Å². The number of rotatable bonds is 4. The standard InChI is InChI=1S/C29H27F6N3O2/c30-28(31,32)21-14-19(15-22(16-21)29(33,34)35)18-38-12-7-13-40-26-25(27(38)39)23(20-8-3-1-4-9-20)17-24(36-26)37-10-5-2-6-11-37/h1,3-4,8-9,14-17H,2,5-7,10-13,18H2. The number of piperidine rings is 1. The van der Waals surface area contributed by atoms with Gasteiger partial charge in [-0.15, -0.1) is 0 Å². The molecule has 0 spiro atoms. The highest BCUT2D eigenvalue weighted by molar-refractivity contribution is 6.03. The second kappa shape index (κ2) is 11.0. The summed E-state index contributed by atoms with van der Waals surface area (Å²) >= 11 is 0. The molecule has 40 heavy (non-hydrogen) atoms. The molecule has 0 atom stereocenters. The van der Waals surface area contributed by atoms with E-state index in [9.17, 15) is 31.1 Å². The van der Waals surface area contributed by atoms with Crippen molar-refractivity contribution in [3.05, 3.63) is 76.9 Å². The summed E-state index contributed by atoms with van der Waals surface area (Å²) in [5, 5.41) is 0. The molecule has 5 rings (SSSR count). The molecule has 2 aliphatic rings. The van der Waals surface area contributed by atoms with Gasteiger partial charge in [0.2, 0.25) is 5.88 Å². The van der Waals surface area contributed by atoms with Crippen LogP contribution in [0.5, 0.6) is 5.88 Å². The molecule has 3 heterocycles. The van der Waals surface area contributed by atoms with Gasteiger partial charge >= 0.3 is 12.4 Å². The Bertz CT molecular complexity index is 1340. The molecule has 1 saturated heterocycles. The fourth-order valence-electron chi connectivity index (χ4n) is 5.12. The van der Waals surface area contributed by atoms with E-state index in [0.717, 1.165) is 37.9 Å². The van der Waals surface area contributed by atoms with Crippen LogP contribution in [0.4, 0.5) is 32.2 Å². The number of hydrogen-bond donors (Lipinski definition) is 0. The van der Waals surface area contributed by atoms with Crippen molar-refractivity contribution >= 4 is 11.7 Å². The average molecular weight is 564 g/mol. The first-order valence-electron chi connectivity index (χ1n) is 13.1. The number of fused-ring (bicyclic) bond motifs is 1. The number of anilines is 1. The van der Waals surface area contributed by atoms with Crippen LogP contribution in [0.1, 0.15) is 52.7 Å². The minimum atomic E-state index is -4.98. The molecule has 0 saturated carbocycles. The Morgan fingerprint density at radius 2 is 1.45 bits per heavy atom. The van der Waals surface area contributed by atoms with Crippen molar-refractivity contribution in [2.45, 2.75) is 44.6 Å². The second-order valence-corrected chi connectivity index (χ2v) is 9.96. The molecular formula is C29H27F6N3O2. The molecule has 0 radical (unpaired) electrons. The highest BCUT2D eigenvalue weighted by Crippen LogP contribution is 2.38. The van der Waals surface area contributed by atoms with E-state index in [4.69, 9.17) is 4.74 Å². The molecule has 0 bridgehead atoms. The molecule has 0 aliphatic carbocycles. The third-order valence-corrected chi connectivity index (χ3v) is 7.07. The lowest BCUT2D eigenvalue weighted by Crippen LogP contribution is -2.36. The third kappa shape index (κ3) is 6.03. The quantitative estimate of drug-likeness (QED) is 0.315. The van der Waals surface area contributed by atoms with Gasteiger partial charge in [-0.25, -0.2) is 0 Å². The van der Waals surface area contributed by atoms with Crippen LogP contribution in [-0.2, 0) is 18.9 Å². The van der Waals surface area contributed by atoms with Crippen molar-refractivity contribution in [2.24, 2.45) is 0 Å². The summed E-state index contributed by atoms with van der Waals surface area (Å²) in [5.41, 5.74) is -1.71. The summed E-state index contributed by atoms with van der Waals surface area (Å²) < 4.78 is 86.7. The Morgan fingerprint density at radius 1 is 0.800 bits per heavy atom. The topological polar surface area (TPSA) is 45.7 Å². The molecule has 1 amide bonds. The highest BCUT2D eigenvalue weighted by Gasteiger charge is 2.37. The predicted octanol–water partition coefficient (Wildman–Crippen LogP) is 7.20. The molecule has 1 aromatic heterocycles. The Balaban J connectivity index is 1.58. The van der Waals surface area contributed by atoms with E-state index in [1.54, 1.807) is 0 Å². The number of halogens is 6. The minimum Gasteiger partial charge on any atom is -0.477 e. The fraction of sp³-hybridized carbons (Fsp3) is 0.379. The maximum Gasteiger partial charge on any atom is 0.416 e. The smallest absolute Gasteiger partial charge is 0.416 e. The van der Waals surface area contributed by atoms with Gasteiger partial charge in [-0.2, -0.15) is 31.3 Å². The van der Waals surface area contributed by atoms with E-state index >= 15 is 0 Å². The van der Waals surface area contributed by atoms with Gasteiger partial charge in [0.1, 0.15) is 11.4 Å². The van der Waals surface area contributed by atoms with Gasteiger partial charge in [0.15, 0.2) is 0 Å². The van der Waals surface area contributed by atoms with Crippen molar-refractivity contribution < 1.29 is 35.9 Å². The molecule has 2 aromatic carbocycles. The van der Waals surface area contributed by atoms with Gasteiger partial charge in [0.25, 0.3) is 5.91 Å². The second-order valence-electron chi connectivity index (χ2n) is 9.96. The van der Waals surface area contributed by atoms with E-state index in [1.165, 1.54) is 4.90 Å². The van der Waals surface area contributed by atoms with Crippen LogP contribution in [0.25, 0.3) is 11.1 Å². The zero-order valence-electron chi connectivity index (χ0n) is 21.5. The van der Waals surface area contributed by atoms with Gasteiger partial charge in [0.05, 0.1) is 17.7 Å². The number of amides is 1. The van der Waals surface area contributed by atoms with Crippen LogP contribution < -0.4 is 9.64 Å². The van der Waals surface area contributed by atoms with Crippen molar-refractivity contribution in [2.75, 3.05) is 31.1 Å². The largest absolute Gasteiger partial charge is 0.477 e. The lowest BCUT2D eigenvalue weighted by Gasteiger charge is -2.31. The number of aromatic nitrogens is 1. The number of benzene rings is 2. The monoisotopic (exact) mass is 563 g/mol. The first-order chi connectivity index (χ1) is 19.0. The van der Waals surface area contributed by atoms with E-state index < -0.39 is 35.9 Å². The predicted molar refractivity (Wildman–Crippen MR) is 137 cm³/mol. The van der Waals surface area contributed by atoms with Gasteiger partial charge in [-0.3, -0.25) is 4.79 Å². The molecule has 3 aromatic rings. The molecular weight excluding hydrogens is 536 g/mol. The van der Waals surface area contributed by atoms with Crippen LogP contribution >= 0.6 is 0 Å². The molecule has 11 heteroatoms. The Morgan fingerprint density at radius 3 is 2.08 bits per heavy atom. The summed E-state index contributed by atoms with van der Waals surface area (Å²) in [6.45, 7) is 1.43. The van der Waals surface area contributed by atoms with Crippen LogP contribution in [0, 0.1) is 0 Å². The number of carbonyl (C=O) groups excluding carboxylic acids is 1. The normalized spacial score (nSPS) is 16.7. The van der Waals surface area contributed by atoms with Crippen molar-refractivity contribution in [1.29, 1.82) is 0 Å². The first-order valence-corrected chi connectivity index (χ1v) is 13.1. The number of alkyl halides is 6. The van der Waals surface area contributed by atoms with Gasteiger partial charge < -0.3 is 14.5 Å². The van der Waals surface area contributed by atoms with Crippen LogP contribution in [0.15, 0.2) is 54.6 Å². The first kappa shape index (κ1) is 27.8. The minimum absolute atomic E-state index is 0.0813. The summed E-state index contributed by atoms with van der Waals surface area (Å²) in [5.74, 6) is 0.193. The summed E-state index contributed by atoms with van der Waals surface area (Å²) in [7, 11) is 0. The molecule has 1 fully saturated rings. The lowest BCUT2D eigenvalue weighted by atomic mass is 9.98. The average Bonchev–Trinajstić information content (AvgIpc) is 2.93. The number of hydrogen-bond acceptors (Lipinski definition) is 4. The number of pyridine rings is 1. The number of carbonyl (C=O) groups is 1. The number of ether oxygens (including phenoxy) is 1. The van der Waals surface area contributed by atoms with Gasteiger partial charge in [-0.05, 0) is 61.1 Å². The third-order valence-electron chi connectivity index (χ3n) is 7.07. The van der Waals surface area contributed by atoms with E-state index in [-0.39, 0.29) is 36.2 Å². The Hall–Kier alpha value is -3.76. The van der Waals surface area contributed by atoms with Gasteiger partial charge in [0, 0.05) is 31.7 Å². The Kier molecular flexibility index (Phi) is 7.65. The van der Waals surface area contributed by atoms with Crippen LogP contribution in [0.2, 0.25) is 0 Å². The molecule has 0 N–H and O–H groups in total. The van der Waals surface area contributed by atoms with Gasteiger partial charge in [-0.1, -0.05) is 30.3 Å².